The second kappa shape index (κ2) is 8.22. The number of ether oxygens (including phenoxy) is 1. The van der Waals surface area contributed by atoms with E-state index in [0.717, 1.165) is 32.3 Å². The molecule has 0 saturated heterocycles. The average Bonchev–Trinajstić information content (AvgIpc) is 3.06. The molecule has 3 nitrogen and oxygen atoms in total. The molecule has 3 heteroatoms. The molecule has 0 bridgehead atoms. The Morgan fingerprint density at radius 2 is 1.77 bits per heavy atom. The third-order valence-electron chi connectivity index (χ3n) is 8.08. The van der Waals surface area contributed by atoms with Crippen LogP contribution in [0.2, 0.25) is 0 Å². The molecule has 0 spiro atoms. The van der Waals surface area contributed by atoms with Crippen molar-refractivity contribution in [1.29, 1.82) is 0 Å². The van der Waals surface area contributed by atoms with Crippen molar-refractivity contribution in [2.75, 3.05) is 13.2 Å². The maximum absolute atomic E-state index is 9.58. The van der Waals surface area contributed by atoms with Crippen LogP contribution in [-0.4, -0.2) is 30.0 Å². The minimum atomic E-state index is -0.370. The molecule has 0 aliphatic heterocycles. The van der Waals surface area contributed by atoms with Crippen LogP contribution in [0.5, 0.6) is 0 Å². The molecule has 3 N–H and O–H groups in total. The van der Waals surface area contributed by atoms with Crippen molar-refractivity contribution >= 4 is 0 Å². The van der Waals surface area contributed by atoms with Gasteiger partial charge in [-0.25, -0.2) is 0 Å². The number of aryl methyl sites for hydroxylation is 1. The second-order valence-electron chi connectivity index (χ2n) is 12.5. The van der Waals surface area contributed by atoms with E-state index in [1.807, 2.05) is 0 Å². The van der Waals surface area contributed by atoms with E-state index in [1.54, 1.807) is 0 Å². The molecule has 4 rings (SSSR count). The van der Waals surface area contributed by atoms with E-state index in [4.69, 9.17) is 10.5 Å². The maximum Gasteiger partial charge on any atom is 0.0611 e. The summed E-state index contributed by atoms with van der Waals surface area (Å²) < 4.78 is 6.51. The van der Waals surface area contributed by atoms with Crippen LogP contribution >= 0.6 is 0 Å². The van der Waals surface area contributed by atoms with Crippen LogP contribution in [0.3, 0.4) is 0 Å². The molecule has 168 valence electrons. The summed E-state index contributed by atoms with van der Waals surface area (Å²) in [5.41, 5.74) is 11.2. The van der Waals surface area contributed by atoms with Crippen molar-refractivity contribution in [3.8, 4) is 0 Å². The zero-order valence-electron chi connectivity index (χ0n) is 19.7. The van der Waals surface area contributed by atoms with Gasteiger partial charge >= 0.3 is 0 Å². The largest absolute Gasteiger partial charge is 0.394 e. The topological polar surface area (TPSA) is 55.5 Å². The highest BCUT2D eigenvalue weighted by Crippen LogP contribution is 2.47. The maximum atomic E-state index is 9.58. The highest BCUT2D eigenvalue weighted by molar-refractivity contribution is 5.36. The monoisotopic (exact) mass is 413 g/mol. The molecular weight excluding hydrogens is 370 g/mol. The number of aliphatic hydroxyl groups excluding tert-OH is 1. The summed E-state index contributed by atoms with van der Waals surface area (Å²) in [7, 11) is 0. The minimum absolute atomic E-state index is 0.103. The quantitative estimate of drug-likeness (QED) is 0.682. The van der Waals surface area contributed by atoms with Gasteiger partial charge in [0, 0.05) is 5.54 Å². The van der Waals surface area contributed by atoms with Gasteiger partial charge in [-0.1, -0.05) is 45.9 Å². The SMILES string of the molecule is CC1(C)CC(OC[C@H]2CCc3cc([C@H]4CC[C@](N)(CO)C4)ccc3C2)CC(C)(C)C1. The van der Waals surface area contributed by atoms with Gasteiger partial charge in [0.2, 0.25) is 0 Å². The molecule has 3 aliphatic rings. The lowest BCUT2D eigenvalue weighted by Gasteiger charge is -2.45. The Morgan fingerprint density at radius 1 is 1.03 bits per heavy atom. The van der Waals surface area contributed by atoms with Crippen LogP contribution < -0.4 is 5.73 Å². The van der Waals surface area contributed by atoms with Crippen LogP contribution in [-0.2, 0) is 17.6 Å². The molecule has 0 aromatic heterocycles. The summed E-state index contributed by atoms with van der Waals surface area (Å²) in [5.74, 6) is 1.15. The van der Waals surface area contributed by atoms with Gasteiger partial charge in [0.15, 0.2) is 0 Å². The van der Waals surface area contributed by atoms with Gasteiger partial charge < -0.3 is 15.6 Å². The standard InChI is InChI=1S/C27H43NO2/c1-25(2)14-24(15-26(3,4)17-25)30-16-19-5-6-21-12-22(8-7-20(21)11-19)23-9-10-27(28,13-23)18-29/h7-8,12,19,23-24,29H,5-6,9-11,13-18,28H2,1-4H3/t19-,23-,27+/m0/s1. The predicted molar refractivity (Wildman–Crippen MR) is 124 cm³/mol. The first-order chi connectivity index (χ1) is 14.1. The molecular formula is C27H43NO2. The number of benzene rings is 1. The summed E-state index contributed by atoms with van der Waals surface area (Å²) in [6, 6.07) is 7.12. The summed E-state index contributed by atoms with van der Waals surface area (Å²) >= 11 is 0. The van der Waals surface area contributed by atoms with Gasteiger partial charge in [-0.15, -0.1) is 0 Å². The van der Waals surface area contributed by atoms with Gasteiger partial charge in [0.25, 0.3) is 0 Å². The Morgan fingerprint density at radius 3 is 2.43 bits per heavy atom. The van der Waals surface area contributed by atoms with Crippen molar-refractivity contribution in [2.24, 2.45) is 22.5 Å². The van der Waals surface area contributed by atoms with Crippen molar-refractivity contribution in [2.45, 2.75) is 103 Å². The lowest BCUT2D eigenvalue weighted by Crippen LogP contribution is -2.40. The van der Waals surface area contributed by atoms with Crippen LogP contribution in [0.25, 0.3) is 0 Å². The van der Waals surface area contributed by atoms with Gasteiger partial charge in [0.05, 0.1) is 19.3 Å². The third-order valence-corrected chi connectivity index (χ3v) is 8.08. The Labute approximate surface area is 183 Å². The van der Waals surface area contributed by atoms with Crippen LogP contribution in [0.4, 0.5) is 0 Å². The van der Waals surface area contributed by atoms with Crippen LogP contribution in [0.15, 0.2) is 18.2 Å². The van der Waals surface area contributed by atoms with Crippen LogP contribution in [0, 0.1) is 16.7 Å². The fourth-order valence-electron chi connectivity index (χ4n) is 6.97. The molecule has 1 aromatic rings. The number of nitrogens with two attached hydrogens (primary N) is 1. The van der Waals surface area contributed by atoms with E-state index in [2.05, 4.69) is 45.9 Å². The van der Waals surface area contributed by atoms with E-state index < -0.39 is 0 Å². The summed E-state index contributed by atoms with van der Waals surface area (Å²) in [6.45, 7) is 10.6. The van der Waals surface area contributed by atoms with Gasteiger partial charge in [-0.2, -0.15) is 0 Å². The van der Waals surface area contributed by atoms with E-state index in [9.17, 15) is 5.11 Å². The summed E-state index contributed by atoms with van der Waals surface area (Å²) in [4.78, 5) is 0. The minimum Gasteiger partial charge on any atom is -0.394 e. The molecule has 0 unspecified atom stereocenters. The van der Waals surface area contributed by atoms with Crippen molar-refractivity contribution in [1.82, 2.24) is 0 Å². The summed E-state index contributed by atoms with van der Waals surface area (Å²) in [5, 5.41) is 9.58. The lowest BCUT2D eigenvalue weighted by atomic mass is 9.64. The number of fused-ring (bicyclic) bond motifs is 1. The average molecular weight is 414 g/mol. The Kier molecular flexibility index (Phi) is 6.11. The molecule has 2 saturated carbocycles. The Balaban J connectivity index is 1.33. The molecule has 1 aromatic carbocycles. The highest BCUT2D eigenvalue weighted by Gasteiger charge is 2.39. The third kappa shape index (κ3) is 5.11. The highest BCUT2D eigenvalue weighted by atomic mass is 16.5. The Bertz CT molecular complexity index is 739. The van der Waals surface area contributed by atoms with Crippen molar-refractivity contribution in [3.63, 3.8) is 0 Å². The van der Waals surface area contributed by atoms with Crippen LogP contribution in [0.1, 0.15) is 95.2 Å². The van der Waals surface area contributed by atoms with Gasteiger partial charge in [-0.3, -0.25) is 0 Å². The van der Waals surface area contributed by atoms with E-state index in [1.165, 1.54) is 48.8 Å². The molecule has 0 amide bonds. The van der Waals surface area contributed by atoms with Gasteiger partial charge in [0.1, 0.15) is 0 Å². The molecule has 3 aliphatic carbocycles. The van der Waals surface area contributed by atoms with E-state index >= 15 is 0 Å². The fraction of sp³-hybridized carbons (Fsp3) is 0.778. The smallest absolute Gasteiger partial charge is 0.0611 e. The lowest BCUT2D eigenvalue weighted by molar-refractivity contribution is -0.0604. The number of hydrogen-bond acceptors (Lipinski definition) is 3. The normalized spacial score (nSPS) is 33.4. The molecule has 0 heterocycles. The molecule has 2 fully saturated rings. The first-order valence-corrected chi connectivity index (χ1v) is 12.2. The zero-order valence-corrected chi connectivity index (χ0v) is 19.7. The van der Waals surface area contributed by atoms with Gasteiger partial charge in [-0.05, 0) is 97.1 Å². The Hall–Kier alpha value is -0.900. The predicted octanol–water partition coefficient (Wildman–Crippen LogP) is 5.37. The molecule has 3 atom stereocenters. The summed E-state index contributed by atoms with van der Waals surface area (Å²) in [6.07, 6.45) is 10.6. The number of hydrogen-bond donors (Lipinski definition) is 2. The first kappa shape index (κ1) is 22.3. The van der Waals surface area contributed by atoms with Crippen molar-refractivity contribution in [3.05, 3.63) is 34.9 Å². The van der Waals surface area contributed by atoms with E-state index in [0.29, 0.717) is 28.8 Å². The second-order valence-corrected chi connectivity index (χ2v) is 12.5. The molecule has 30 heavy (non-hydrogen) atoms. The fourth-order valence-corrected chi connectivity index (χ4v) is 6.97. The molecule has 0 radical (unpaired) electrons. The first-order valence-electron chi connectivity index (χ1n) is 12.2. The number of aliphatic hydroxyl groups is 1. The van der Waals surface area contributed by atoms with Crippen molar-refractivity contribution < 1.29 is 9.84 Å². The zero-order chi connectivity index (χ0) is 21.6. The number of rotatable bonds is 5. The van der Waals surface area contributed by atoms with E-state index in [-0.39, 0.29) is 12.1 Å².